The average Bonchev–Trinajstić information content (AvgIpc) is 2.56. The minimum absolute atomic E-state index is 0.0925. The summed E-state index contributed by atoms with van der Waals surface area (Å²) in [5, 5.41) is 15.5. The van der Waals surface area contributed by atoms with Crippen molar-refractivity contribution in [3.05, 3.63) is 70.3 Å². The lowest BCUT2D eigenvalue weighted by molar-refractivity contribution is -0.384. The molecular formula is C16H15N3O4. The van der Waals surface area contributed by atoms with E-state index in [1.165, 1.54) is 24.3 Å². The summed E-state index contributed by atoms with van der Waals surface area (Å²) in [6.45, 7) is 1.77. The summed E-state index contributed by atoms with van der Waals surface area (Å²) in [5.74, 6) is -1.61. The number of carbonyl (C=O) groups excluding carboxylic acids is 2. The highest BCUT2D eigenvalue weighted by Gasteiger charge is 2.17. The number of non-ortho nitro benzene ring substituents is 1. The fourth-order valence-electron chi connectivity index (χ4n) is 1.94. The van der Waals surface area contributed by atoms with Crippen molar-refractivity contribution in [2.45, 2.75) is 13.0 Å². The molecular weight excluding hydrogens is 298 g/mol. The largest absolute Gasteiger partial charge is 0.341 e. The number of hydrogen-bond acceptors (Lipinski definition) is 4. The Labute approximate surface area is 132 Å². The molecule has 118 valence electrons. The van der Waals surface area contributed by atoms with Gasteiger partial charge in [0, 0.05) is 17.8 Å². The second-order valence-electron chi connectivity index (χ2n) is 4.86. The van der Waals surface area contributed by atoms with Gasteiger partial charge >= 0.3 is 11.8 Å². The van der Waals surface area contributed by atoms with Crippen molar-refractivity contribution in [1.29, 1.82) is 0 Å². The summed E-state index contributed by atoms with van der Waals surface area (Å²) < 4.78 is 0. The van der Waals surface area contributed by atoms with Gasteiger partial charge in [0.05, 0.1) is 11.0 Å². The van der Waals surface area contributed by atoms with Crippen molar-refractivity contribution in [3.63, 3.8) is 0 Å². The van der Waals surface area contributed by atoms with Crippen molar-refractivity contribution in [1.82, 2.24) is 5.32 Å². The van der Waals surface area contributed by atoms with Crippen LogP contribution in [-0.4, -0.2) is 16.7 Å². The zero-order valence-electron chi connectivity index (χ0n) is 12.4. The van der Waals surface area contributed by atoms with E-state index in [2.05, 4.69) is 10.6 Å². The highest BCUT2D eigenvalue weighted by Crippen LogP contribution is 2.15. The van der Waals surface area contributed by atoms with Gasteiger partial charge in [-0.2, -0.15) is 0 Å². The van der Waals surface area contributed by atoms with Crippen LogP contribution in [0.1, 0.15) is 18.5 Å². The third-order valence-corrected chi connectivity index (χ3v) is 3.19. The van der Waals surface area contributed by atoms with Crippen molar-refractivity contribution < 1.29 is 14.5 Å². The fraction of sp³-hybridized carbons (Fsp3) is 0.125. The molecule has 0 aliphatic rings. The van der Waals surface area contributed by atoms with Gasteiger partial charge in [0.2, 0.25) is 0 Å². The zero-order chi connectivity index (χ0) is 16.8. The standard InChI is InChI=1S/C16H15N3O4/c1-11(12-5-3-2-4-6-12)17-15(20)16(21)18-13-7-9-14(10-8-13)19(22)23/h2-11H,1H3,(H,17,20)(H,18,21)/t11-/m0/s1. The molecule has 0 unspecified atom stereocenters. The second kappa shape index (κ2) is 7.17. The molecule has 0 saturated carbocycles. The summed E-state index contributed by atoms with van der Waals surface area (Å²) in [6.07, 6.45) is 0. The third-order valence-electron chi connectivity index (χ3n) is 3.19. The Morgan fingerprint density at radius 3 is 2.17 bits per heavy atom. The number of benzene rings is 2. The summed E-state index contributed by atoms with van der Waals surface area (Å²) in [6, 6.07) is 14.2. The average molecular weight is 313 g/mol. The van der Waals surface area contributed by atoms with Crippen molar-refractivity contribution in [3.8, 4) is 0 Å². The molecule has 7 heteroatoms. The number of nitro groups is 1. The van der Waals surface area contributed by atoms with Crippen LogP contribution in [0.4, 0.5) is 11.4 Å². The van der Waals surface area contributed by atoms with Gasteiger partial charge in [-0.1, -0.05) is 30.3 Å². The van der Waals surface area contributed by atoms with E-state index in [4.69, 9.17) is 0 Å². The summed E-state index contributed by atoms with van der Waals surface area (Å²) in [7, 11) is 0. The Morgan fingerprint density at radius 1 is 1.00 bits per heavy atom. The lowest BCUT2D eigenvalue weighted by atomic mass is 10.1. The normalized spacial score (nSPS) is 11.3. The molecule has 2 N–H and O–H groups in total. The van der Waals surface area contributed by atoms with Gasteiger partial charge in [0.15, 0.2) is 0 Å². The molecule has 2 amide bonds. The number of nitro benzene ring substituents is 1. The molecule has 0 spiro atoms. The van der Waals surface area contributed by atoms with E-state index < -0.39 is 16.7 Å². The number of anilines is 1. The van der Waals surface area contributed by atoms with E-state index in [0.717, 1.165) is 5.56 Å². The first-order valence-corrected chi connectivity index (χ1v) is 6.88. The van der Waals surface area contributed by atoms with Crippen LogP contribution in [0.2, 0.25) is 0 Å². The topological polar surface area (TPSA) is 101 Å². The molecule has 0 saturated heterocycles. The lowest BCUT2D eigenvalue weighted by Gasteiger charge is -2.14. The van der Waals surface area contributed by atoms with Crippen LogP contribution >= 0.6 is 0 Å². The third kappa shape index (κ3) is 4.37. The maximum Gasteiger partial charge on any atom is 0.313 e. The van der Waals surface area contributed by atoms with Crippen LogP contribution in [0.25, 0.3) is 0 Å². The molecule has 0 aromatic heterocycles. The van der Waals surface area contributed by atoms with E-state index in [9.17, 15) is 19.7 Å². The van der Waals surface area contributed by atoms with E-state index in [1.54, 1.807) is 6.92 Å². The molecule has 0 aliphatic carbocycles. The van der Waals surface area contributed by atoms with Crippen LogP contribution in [0.5, 0.6) is 0 Å². The van der Waals surface area contributed by atoms with Gasteiger partial charge in [-0.25, -0.2) is 0 Å². The SMILES string of the molecule is C[C@H](NC(=O)C(=O)Nc1ccc([N+](=O)[O-])cc1)c1ccccc1. The Balaban J connectivity index is 1.94. The first-order valence-electron chi connectivity index (χ1n) is 6.88. The Morgan fingerprint density at radius 2 is 1.61 bits per heavy atom. The van der Waals surface area contributed by atoms with Crippen LogP contribution in [-0.2, 0) is 9.59 Å². The molecule has 0 aliphatic heterocycles. The van der Waals surface area contributed by atoms with Gasteiger partial charge in [0.25, 0.3) is 5.69 Å². The minimum Gasteiger partial charge on any atom is -0.341 e. The molecule has 0 heterocycles. The summed E-state index contributed by atoms with van der Waals surface area (Å²) in [5.41, 5.74) is 1.09. The minimum atomic E-state index is -0.832. The van der Waals surface area contributed by atoms with Crippen molar-refractivity contribution >= 4 is 23.2 Å². The van der Waals surface area contributed by atoms with Crippen LogP contribution < -0.4 is 10.6 Å². The van der Waals surface area contributed by atoms with Crippen molar-refractivity contribution in [2.75, 3.05) is 5.32 Å². The lowest BCUT2D eigenvalue weighted by Crippen LogP contribution is -2.36. The van der Waals surface area contributed by atoms with Gasteiger partial charge in [-0.3, -0.25) is 19.7 Å². The smallest absolute Gasteiger partial charge is 0.313 e. The fourth-order valence-corrected chi connectivity index (χ4v) is 1.94. The van der Waals surface area contributed by atoms with Crippen LogP contribution in [0.15, 0.2) is 54.6 Å². The highest BCUT2D eigenvalue weighted by atomic mass is 16.6. The first-order chi connectivity index (χ1) is 11.0. The number of rotatable bonds is 4. The number of hydrogen-bond donors (Lipinski definition) is 2. The zero-order valence-corrected chi connectivity index (χ0v) is 12.4. The van der Waals surface area contributed by atoms with Crippen molar-refractivity contribution in [2.24, 2.45) is 0 Å². The summed E-state index contributed by atoms with van der Waals surface area (Å²) >= 11 is 0. The molecule has 0 radical (unpaired) electrons. The van der Waals surface area contributed by atoms with E-state index >= 15 is 0 Å². The molecule has 0 fully saturated rings. The monoisotopic (exact) mass is 313 g/mol. The molecule has 7 nitrogen and oxygen atoms in total. The van der Waals surface area contributed by atoms with Crippen LogP contribution in [0.3, 0.4) is 0 Å². The first kappa shape index (κ1) is 16.2. The number of nitrogens with one attached hydrogen (secondary N) is 2. The number of carbonyl (C=O) groups is 2. The van der Waals surface area contributed by atoms with Gasteiger partial charge in [-0.15, -0.1) is 0 Å². The van der Waals surface area contributed by atoms with E-state index in [-0.39, 0.29) is 11.7 Å². The molecule has 0 bridgehead atoms. The van der Waals surface area contributed by atoms with Crippen LogP contribution in [0, 0.1) is 10.1 Å². The quantitative estimate of drug-likeness (QED) is 0.514. The summed E-state index contributed by atoms with van der Waals surface area (Å²) in [4.78, 5) is 33.7. The second-order valence-corrected chi connectivity index (χ2v) is 4.86. The predicted octanol–water partition coefficient (Wildman–Crippen LogP) is 2.41. The Hall–Kier alpha value is -3.22. The Bertz CT molecular complexity index is 714. The highest BCUT2D eigenvalue weighted by molar-refractivity contribution is 6.39. The number of amides is 2. The maximum absolute atomic E-state index is 11.9. The molecule has 2 aromatic carbocycles. The molecule has 2 aromatic rings. The molecule has 1 atom stereocenters. The molecule has 2 rings (SSSR count). The van der Waals surface area contributed by atoms with E-state index in [1.807, 2.05) is 30.3 Å². The predicted molar refractivity (Wildman–Crippen MR) is 84.7 cm³/mol. The van der Waals surface area contributed by atoms with E-state index in [0.29, 0.717) is 5.69 Å². The van der Waals surface area contributed by atoms with Gasteiger partial charge in [-0.05, 0) is 24.6 Å². The number of nitrogens with zero attached hydrogens (tertiary/aromatic N) is 1. The Kier molecular flexibility index (Phi) is 5.03. The maximum atomic E-state index is 11.9. The van der Waals surface area contributed by atoms with Gasteiger partial charge in [0.1, 0.15) is 0 Å². The molecule has 23 heavy (non-hydrogen) atoms. The van der Waals surface area contributed by atoms with Gasteiger partial charge < -0.3 is 10.6 Å².